The van der Waals surface area contributed by atoms with Gasteiger partial charge in [0, 0.05) is 31.5 Å². The van der Waals surface area contributed by atoms with Crippen LogP contribution in [0.15, 0.2) is 0 Å². The van der Waals surface area contributed by atoms with Gasteiger partial charge in [-0.3, -0.25) is 14.4 Å². The molecule has 0 radical (unpaired) electrons. The highest BCUT2D eigenvalue weighted by atomic mass is 16.4. The summed E-state index contributed by atoms with van der Waals surface area (Å²) in [5.74, 6) is -0.0720. The molecule has 152 valence electrons. The number of rotatable bonds is 5. The molecule has 6 heteroatoms. The fourth-order valence-electron chi connectivity index (χ4n) is 5.03. The highest BCUT2D eigenvalue weighted by Gasteiger charge is 2.33. The molecule has 1 aliphatic heterocycles. The van der Waals surface area contributed by atoms with Gasteiger partial charge in [0.25, 0.3) is 0 Å². The van der Waals surface area contributed by atoms with Gasteiger partial charge in [0.2, 0.25) is 11.8 Å². The minimum atomic E-state index is -0.744. The fourth-order valence-corrected chi connectivity index (χ4v) is 5.03. The van der Waals surface area contributed by atoms with Gasteiger partial charge in [-0.15, -0.1) is 0 Å². The van der Waals surface area contributed by atoms with Gasteiger partial charge in [-0.05, 0) is 57.3 Å². The van der Waals surface area contributed by atoms with Gasteiger partial charge in [0.1, 0.15) is 0 Å². The average Bonchev–Trinajstić information content (AvgIpc) is 2.69. The third kappa shape index (κ3) is 5.69. The number of hydrogen-bond acceptors (Lipinski definition) is 3. The van der Waals surface area contributed by atoms with E-state index in [0.29, 0.717) is 38.3 Å². The number of amides is 2. The normalized spacial score (nSPS) is 27.9. The zero-order valence-corrected chi connectivity index (χ0v) is 16.3. The first-order valence-corrected chi connectivity index (χ1v) is 10.8. The van der Waals surface area contributed by atoms with Gasteiger partial charge in [-0.2, -0.15) is 0 Å². The van der Waals surface area contributed by atoms with Crippen molar-refractivity contribution in [1.82, 2.24) is 10.2 Å². The van der Waals surface area contributed by atoms with Crippen LogP contribution in [0.3, 0.4) is 0 Å². The van der Waals surface area contributed by atoms with Gasteiger partial charge in [-0.1, -0.05) is 19.3 Å². The number of nitrogens with zero attached hydrogens (tertiary/aromatic N) is 1. The molecular formula is C21H34N2O4. The van der Waals surface area contributed by atoms with Crippen molar-refractivity contribution in [1.29, 1.82) is 0 Å². The molecule has 2 amide bonds. The number of aliphatic carboxylic acids is 1. The van der Waals surface area contributed by atoms with Crippen molar-refractivity contribution in [3.05, 3.63) is 0 Å². The summed E-state index contributed by atoms with van der Waals surface area (Å²) >= 11 is 0. The second-order valence-corrected chi connectivity index (χ2v) is 8.76. The molecule has 6 nitrogen and oxygen atoms in total. The molecule has 1 heterocycles. The molecule has 2 N–H and O–H groups in total. The molecule has 1 saturated heterocycles. The maximum Gasteiger partial charge on any atom is 0.306 e. The van der Waals surface area contributed by atoms with Crippen LogP contribution in [0.2, 0.25) is 0 Å². The van der Waals surface area contributed by atoms with Crippen molar-refractivity contribution < 1.29 is 19.5 Å². The SMILES string of the molecule is O=C(CC1CCCCC1)NC1CCC(C(=O)N2CCC(C(=O)O)CC2)CC1. The van der Waals surface area contributed by atoms with Gasteiger partial charge in [0.05, 0.1) is 5.92 Å². The summed E-state index contributed by atoms with van der Waals surface area (Å²) in [7, 11) is 0. The van der Waals surface area contributed by atoms with E-state index < -0.39 is 5.97 Å². The molecule has 0 spiro atoms. The molecule has 0 bridgehead atoms. The Morgan fingerprint density at radius 1 is 0.815 bits per heavy atom. The van der Waals surface area contributed by atoms with Gasteiger partial charge < -0.3 is 15.3 Å². The molecule has 3 rings (SSSR count). The van der Waals surface area contributed by atoms with E-state index in [1.54, 1.807) is 0 Å². The van der Waals surface area contributed by atoms with Crippen molar-refractivity contribution in [2.24, 2.45) is 17.8 Å². The van der Waals surface area contributed by atoms with Crippen LogP contribution in [0.5, 0.6) is 0 Å². The number of carbonyl (C=O) groups is 3. The Kier molecular flexibility index (Phi) is 7.13. The van der Waals surface area contributed by atoms with Crippen LogP contribution < -0.4 is 5.32 Å². The maximum atomic E-state index is 12.7. The van der Waals surface area contributed by atoms with Crippen LogP contribution in [0.4, 0.5) is 0 Å². The topological polar surface area (TPSA) is 86.7 Å². The highest BCUT2D eigenvalue weighted by molar-refractivity contribution is 5.80. The zero-order valence-electron chi connectivity index (χ0n) is 16.3. The van der Waals surface area contributed by atoms with Crippen molar-refractivity contribution in [3.8, 4) is 0 Å². The predicted octanol–water partition coefficient (Wildman–Crippen LogP) is 2.96. The molecule has 0 atom stereocenters. The van der Waals surface area contributed by atoms with Crippen LogP contribution >= 0.6 is 0 Å². The van der Waals surface area contributed by atoms with E-state index in [4.69, 9.17) is 5.11 Å². The number of carboxylic acids is 1. The number of hydrogen-bond donors (Lipinski definition) is 2. The third-order valence-electron chi connectivity index (χ3n) is 6.80. The molecule has 3 aliphatic rings. The van der Waals surface area contributed by atoms with E-state index in [-0.39, 0.29) is 29.7 Å². The zero-order chi connectivity index (χ0) is 19.2. The van der Waals surface area contributed by atoms with E-state index in [0.717, 1.165) is 25.7 Å². The Hall–Kier alpha value is -1.59. The lowest BCUT2D eigenvalue weighted by Crippen LogP contribution is -2.45. The number of likely N-dealkylation sites (tertiary alicyclic amines) is 1. The lowest BCUT2D eigenvalue weighted by Gasteiger charge is -2.35. The van der Waals surface area contributed by atoms with E-state index in [1.165, 1.54) is 32.1 Å². The van der Waals surface area contributed by atoms with Gasteiger partial charge in [0.15, 0.2) is 0 Å². The molecule has 3 fully saturated rings. The van der Waals surface area contributed by atoms with E-state index in [2.05, 4.69) is 5.32 Å². The Morgan fingerprint density at radius 2 is 1.44 bits per heavy atom. The minimum Gasteiger partial charge on any atom is -0.481 e. The number of piperidine rings is 1. The summed E-state index contributed by atoms with van der Waals surface area (Å²) in [6, 6.07) is 0.211. The third-order valence-corrected chi connectivity index (χ3v) is 6.80. The summed E-state index contributed by atoms with van der Waals surface area (Å²) in [4.78, 5) is 37.9. The van der Waals surface area contributed by atoms with Crippen LogP contribution in [-0.4, -0.2) is 46.9 Å². The van der Waals surface area contributed by atoms with Crippen LogP contribution in [0, 0.1) is 17.8 Å². The maximum absolute atomic E-state index is 12.7. The van der Waals surface area contributed by atoms with Crippen molar-refractivity contribution in [3.63, 3.8) is 0 Å². The molecule has 0 aromatic carbocycles. The highest BCUT2D eigenvalue weighted by Crippen LogP contribution is 2.29. The van der Waals surface area contributed by atoms with Gasteiger partial charge in [-0.25, -0.2) is 0 Å². The average molecular weight is 379 g/mol. The lowest BCUT2D eigenvalue weighted by atomic mass is 9.83. The summed E-state index contributed by atoms with van der Waals surface area (Å²) < 4.78 is 0. The Labute approximate surface area is 162 Å². The molecule has 27 heavy (non-hydrogen) atoms. The molecule has 0 aromatic rings. The number of carboxylic acid groups (broad SMARTS) is 1. The summed E-state index contributed by atoms with van der Waals surface area (Å²) in [5, 5.41) is 12.3. The Bertz CT molecular complexity index is 528. The first-order valence-electron chi connectivity index (χ1n) is 10.8. The summed E-state index contributed by atoms with van der Waals surface area (Å²) in [6.45, 7) is 1.13. The number of nitrogens with one attached hydrogen (secondary N) is 1. The van der Waals surface area contributed by atoms with E-state index in [1.807, 2.05) is 4.90 Å². The first-order chi connectivity index (χ1) is 13.0. The standard InChI is InChI=1S/C21H34N2O4/c24-19(14-15-4-2-1-3-5-15)22-18-8-6-16(7-9-18)20(25)23-12-10-17(11-13-23)21(26)27/h15-18H,1-14H2,(H,22,24)(H,26,27). The van der Waals surface area contributed by atoms with Gasteiger partial charge >= 0.3 is 5.97 Å². The molecule has 2 aliphatic carbocycles. The predicted molar refractivity (Wildman–Crippen MR) is 102 cm³/mol. The summed E-state index contributed by atoms with van der Waals surface area (Å²) in [6.07, 6.45) is 11.4. The number of carbonyl (C=O) groups excluding carboxylic acids is 2. The lowest BCUT2D eigenvalue weighted by molar-refractivity contribution is -0.147. The monoisotopic (exact) mass is 378 g/mol. The molecule has 2 saturated carbocycles. The first kappa shape index (κ1) is 20.2. The van der Waals surface area contributed by atoms with Crippen molar-refractivity contribution in [2.45, 2.75) is 83.1 Å². The Morgan fingerprint density at radius 3 is 2.04 bits per heavy atom. The molecule has 0 aromatic heterocycles. The van der Waals surface area contributed by atoms with Crippen molar-refractivity contribution >= 4 is 17.8 Å². The molecule has 0 unspecified atom stereocenters. The Balaban J connectivity index is 1.36. The van der Waals surface area contributed by atoms with Crippen LogP contribution in [0.25, 0.3) is 0 Å². The second kappa shape index (κ2) is 9.56. The van der Waals surface area contributed by atoms with Crippen LogP contribution in [-0.2, 0) is 14.4 Å². The quantitative estimate of drug-likeness (QED) is 0.770. The van der Waals surface area contributed by atoms with Crippen molar-refractivity contribution in [2.75, 3.05) is 13.1 Å². The minimum absolute atomic E-state index is 0.0397. The largest absolute Gasteiger partial charge is 0.481 e. The second-order valence-electron chi connectivity index (χ2n) is 8.76. The fraction of sp³-hybridized carbons (Fsp3) is 0.857. The molecular weight excluding hydrogens is 344 g/mol. The van der Waals surface area contributed by atoms with E-state index in [9.17, 15) is 14.4 Å². The smallest absolute Gasteiger partial charge is 0.306 e. The van der Waals surface area contributed by atoms with E-state index >= 15 is 0 Å². The van der Waals surface area contributed by atoms with Crippen LogP contribution in [0.1, 0.15) is 77.0 Å². The summed E-state index contributed by atoms with van der Waals surface area (Å²) in [5.41, 5.74) is 0.